The number of primary amides is 1. The SMILES string of the molecule is COc1ncc(NC(=O)c2n[nH]c3c2CNCC3)cc1C(N)=O. The van der Waals surface area contributed by atoms with Crippen LogP contribution >= 0.6 is 0 Å². The first kappa shape index (κ1) is 15.0. The molecule has 0 saturated heterocycles. The van der Waals surface area contributed by atoms with E-state index in [1.165, 1.54) is 19.4 Å². The molecule has 3 rings (SSSR count). The number of fused-ring (bicyclic) bond motifs is 1. The van der Waals surface area contributed by atoms with Gasteiger partial charge in [0.05, 0.1) is 19.0 Å². The lowest BCUT2D eigenvalue weighted by Crippen LogP contribution is -2.25. The Kier molecular flexibility index (Phi) is 3.94. The summed E-state index contributed by atoms with van der Waals surface area (Å²) in [6.45, 7) is 1.43. The first-order valence-electron chi connectivity index (χ1n) is 7.02. The van der Waals surface area contributed by atoms with Gasteiger partial charge in [-0.3, -0.25) is 14.7 Å². The smallest absolute Gasteiger partial charge is 0.276 e. The van der Waals surface area contributed by atoms with Crippen LogP contribution < -0.4 is 21.1 Å². The lowest BCUT2D eigenvalue weighted by atomic mass is 10.1. The number of nitrogens with one attached hydrogen (secondary N) is 3. The molecule has 2 aromatic heterocycles. The number of amides is 2. The molecule has 0 spiro atoms. The number of rotatable bonds is 4. The Balaban J connectivity index is 1.84. The third-order valence-electron chi connectivity index (χ3n) is 3.59. The molecule has 3 heterocycles. The van der Waals surface area contributed by atoms with Crippen molar-refractivity contribution in [2.75, 3.05) is 19.0 Å². The van der Waals surface area contributed by atoms with Gasteiger partial charge in [0.15, 0.2) is 5.69 Å². The quantitative estimate of drug-likeness (QED) is 0.617. The standard InChI is InChI=1S/C14H16N6O3/c1-23-14-8(12(15)21)4-7(5-17-14)18-13(22)11-9-6-16-3-2-10(9)19-20-11/h4-5,16H,2-3,6H2,1H3,(H2,15,21)(H,18,22)(H,19,20). The number of carbonyl (C=O) groups excluding carboxylic acids is 2. The van der Waals surface area contributed by atoms with Crippen molar-refractivity contribution >= 4 is 17.5 Å². The number of ether oxygens (including phenoxy) is 1. The fraction of sp³-hybridized carbons (Fsp3) is 0.286. The van der Waals surface area contributed by atoms with Gasteiger partial charge in [0.2, 0.25) is 5.88 Å². The molecule has 0 unspecified atom stereocenters. The monoisotopic (exact) mass is 316 g/mol. The molecule has 120 valence electrons. The lowest BCUT2D eigenvalue weighted by molar-refractivity contribution is 0.0992. The van der Waals surface area contributed by atoms with Gasteiger partial charge in [-0.15, -0.1) is 0 Å². The number of nitrogens with zero attached hydrogens (tertiary/aromatic N) is 2. The molecule has 0 atom stereocenters. The second kappa shape index (κ2) is 6.05. The lowest BCUT2D eigenvalue weighted by Gasteiger charge is -2.13. The third kappa shape index (κ3) is 2.86. The van der Waals surface area contributed by atoms with Crippen LogP contribution in [0.3, 0.4) is 0 Å². The molecule has 2 amide bonds. The fourth-order valence-electron chi connectivity index (χ4n) is 2.46. The summed E-state index contributed by atoms with van der Waals surface area (Å²) in [7, 11) is 1.38. The molecule has 9 heteroatoms. The van der Waals surface area contributed by atoms with Gasteiger partial charge in [-0.25, -0.2) is 4.98 Å². The number of aromatic nitrogens is 3. The minimum atomic E-state index is -0.688. The van der Waals surface area contributed by atoms with E-state index in [0.717, 1.165) is 24.2 Å². The molecular weight excluding hydrogens is 300 g/mol. The van der Waals surface area contributed by atoms with Gasteiger partial charge >= 0.3 is 0 Å². The summed E-state index contributed by atoms with van der Waals surface area (Å²) in [4.78, 5) is 27.8. The van der Waals surface area contributed by atoms with E-state index < -0.39 is 5.91 Å². The highest BCUT2D eigenvalue weighted by Gasteiger charge is 2.22. The summed E-state index contributed by atoms with van der Waals surface area (Å²) in [5.74, 6) is -0.961. The van der Waals surface area contributed by atoms with Crippen molar-refractivity contribution in [3.05, 3.63) is 34.8 Å². The number of nitrogens with two attached hydrogens (primary N) is 1. The zero-order chi connectivity index (χ0) is 16.4. The van der Waals surface area contributed by atoms with Gasteiger partial charge in [0.25, 0.3) is 11.8 Å². The van der Waals surface area contributed by atoms with E-state index in [4.69, 9.17) is 10.5 Å². The van der Waals surface area contributed by atoms with Crippen LogP contribution in [0.15, 0.2) is 12.3 Å². The van der Waals surface area contributed by atoms with E-state index in [0.29, 0.717) is 17.9 Å². The minimum absolute atomic E-state index is 0.0935. The number of aromatic amines is 1. The van der Waals surface area contributed by atoms with E-state index in [1.54, 1.807) is 0 Å². The number of carbonyl (C=O) groups is 2. The molecule has 0 fully saturated rings. The van der Waals surface area contributed by atoms with Gasteiger partial charge < -0.3 is 21.1 Å². The van der Waals surface area contributed by atoms with E-state index in [-0.39, 0.29) is 17.4 Å². The second-order valence-corrected chi connectivity index (χ2v) is 5.06. The maximum Gasteiger partial charge on any atom is 0.276 e. The van der Waals surface area contributed by atoms with Crippen LogP contribution in [0.4, 0.5) is 5.69 Å². The highest BCUT2D eigenvalue weighted by Crippen LogP contribution is 2.20. The zero-order valence-corrected chi connectivity index (χ0v) is 12.5. The Hall–Kier alpha value is -2.94. The van der Waals surface area contributed by atoms with Crippen LogP contribution in [0.2, 0.25) is 0 Å². The van der Waals surface area contributed by atoms with E-state index in [9.17, 15) is 9.59 Å². The van der Waals surface area contributed by atoms with Crippen LogP contribution in [-0.2, 0) is 13.0 Å². The van der Waals surface area contributed by atoms with Gasteiger partial charge in [0, 0.05) is 30.8 Å². The Labute approximate surface area is 131 Å². The number of anilines is 1. The molecule has 0 aliphatic carbocycles. The van der Waals surface area contributed by atoms with Crippen molar-refractivity contribution in [2.45, 2.75) is 13.0 Å². The largest absolute Gasteiger partial charge is 0.480 e. The maximum atomic E-state index is 12.4. The highest BCUT2D eigenvalue weighted by atomic mass is 16.5. The topological polar surface area (TPSA) is 135 Å². The number of methoxy groups -OCH3 is 1. The summed E-state index contributed by atoms with van der Waals surface area (Å²) in [6, 6.07) is 1.42. The van der Waals surface area contributed by atoms with Crippen LogP contribution in [0.5, 0.6) is 5.88 Å². The van der Waals surface area contributed by atoms with E-state index in [1.807, 2.05) is 0 Å². The summed E-state index contributed by atoms with van der Waals surface area (Å²) in [5, 5.41) is 12.8. The van der Waals surface area contributed by atoms with E-state index >= 15 is 0 Å². The fourth-order valence-corrected chi connectivity index (χ4v) is 2.46. The predicted octanol–water partition coefficient (Wildman–Crippen LogP) is -0.190. The average Bonchev–Trinajstić information content (AvgIpc) is 2.98. The first-order chi connectivity index (χ1) is 11.1. The zero-order valence-electron chi connectivity index (χ0n) is 12.5. The minimum Gasteiger partial charge on any atom is -0.480 e. The Bertz CT molecular complexity index is 770. The van der Waals surface area contributed by atoms with Crippen LogP contribution in [-0.4, -0.2) is 40.7 Å². The molecule has 1 aliphatic heterocycles. The number of hydrogen-bond donors (Lipinski definition) is 4. The molecule has 0 aromatic carbocycles. The van der Waals surface area contributed by atoms with Crippen LogP contribution in [0.25, 0.3) is 0 Å². The molecular formula is C14H16N6O3. The average molecular weight is 316 g/mol. The number of pyridine rings is 1. The van der Waals surface area contributed by atoms with Crippen molar-refractivity contribution in [1.29, 1.82) is 0 Å². The summed E-state index contributed by atoms with van der Waals surface area (Å²) in [6.07, 6.45) is 2.19. The maximum absolute atomic E-state index is 12.4. The summed E-state index contributed by atoms with van der Waals surface area (Å²) < 4.78 is 4.96. The van der Waals surface area contributed by atoms with Crippen LogP contribution in [0, 0.1) is 0 Å². The molecule has 1 aliphatic rings. The van der Waals surface area contributed by atoms with Crippen molar-refractivity contribution in [3.8, 4) is 5.88 Å². The van der Waals surface area contributed by atoms with Gasteiger partial charge in [-0.1, -0.05) is 0 Å². The van der Waals surface area contributed by atoms with Crippen molar-refractivity contribution in [1.82, 2.24) is 20.5 Å². The summed E-state index contributed by atoms with van der Waals surface area (Å²) >= 11 is 0. The van der Waals surface area contributed by atoms with Crippen molar-refractivity contribution in [3.63, 3.8) is 0 Å². The van der Waals surface area contributed by atoms with Gasteiger partial charge in [-0.2, -0.15) is 5.10 Å². The third-order valence-corrected chi connectivity index (χ3v) is 3.59. The predicted molar refractivity (Wildman–Crippen MR) is 81.3 cm³/mol. The molecule has 0 radical (unpaired) electrons. The molecule has 0 bridgehead atoms. The molecule has 23 heavy (non-hydrogen) atoms. The normalized spacial score (nSPS) is 13.3. The molecule has 5 N–H and O–H groups in total. The second-order valence-electron chi connectivity index (χ2n) is 5.06. The number of H-pyrrole nitrogens is 1. The molecule has 9 nitrogen and oxygen atoms in total. The first-order valence-corrected chi connectivity index (χ1v) is 7.02. The summed E-state index contributed by atoms with van der Waals surface area (Å²) in [5.41, 5.74) is 7.84. The van der Waals surface area contributed by atoms with Crippen molar-refractivity contribution in [2.24, 2.45) is 5.73 Å². The molecule has 0 saturated carbocycles. The van der Waals surface area contributed by atoms with Gasteiger partial charge in [-0.05, 0) is 6.07 Å². The number of hydrogen-bond acceptors (Lipinski definition) is 6. The molecule has 2 aromatic rings. The Morgan fingerprint density at radius 3 is 3.00 bits per heavy atom. The van der Waals surface area contributed by atoms with Crippen molar-refractivity contribution < 1.29 is 14.3 Å². The Morgan fingerprint density at radius 2 is 2.26 bits per heavy atom. The Morgan fingerprint density at radius 1 is 1.43 bits per heavy atom. The van der Waals surface area contributed by atoms with E-state index in [2.05, 4.69) is 25.8 Å². The van der Waals surface area contributed by atoms with Crippen LogP contribution in [0.1, 0.15) is 32.1 Å². The van der Waals surface area contributed by atoms with Gasteiger partial charge in [0.1, 0.15) is 5.56 Å². The highest BCUT2D eigenvalue weighted by molar-refractivity contribution is 6.05.